The molecule has 0 aliphatic heterocycles. The van der Waals surface area contributed by atoms with Crippen molar-refractivity contribution in [2.75, 3.05) is 5.32 Å². The van der Waals surface area contributed by atoms with Crippen LogP contribution in [0.1, 0.15) is 11.1 Å². The van der Waals surface area contributed by atoms with Crippen LogP contribution in [-0.2, 0) is 16.0 Å². The fraction of sp³-hybridized carbons (Fsp3) is 0.0435. The zero-order valence-corrected chi connectivity index (χ0v) is 14.9. The molecule has 1 aromatic heterocycles. The maximum absolute atomic E-state index is 12.5. The number of hydrogen-bond acceptors (Lipinski definition) is 3. The highest BCUT2D eigenvalue weighted by Crippen LogP contribution is 2.30. The molecule has 138 valence electrons. The van der Waals surface area contributed by atoms with Gasteiger partial charge in [0.15, 0.2) is 0 Å². The fourth-order valence-electron chi connectivity index (χ4n) is 3.23. The third-order valence-corrected chi connectivity index (χ3v) is 4.50. The molecule has 0 aliphatic carbocycles. The van der Waals surface area contributed by atoms with E-state index in [1.165, 1.54) is 6.08 Å². The van der Waals surface area contributed by atoms with Crippen LogP contribution in [0.15, 0.2) is 77.4 Å². The molecule has 0 atom stereocenters. The SMILES string of the molecule is O=C(O)C=Cc1ccc(NC(=O)Cc2coc3ccc4ccccc4c23)cc1. The number of carboxylic acid groups (broad SMARTS) is 1. The van der Waals surface area contributed by atoms with Crippen molar-refractivity contribution < 1.29 is 19.1 Å². The molecule has 1 heterocycles. The van der Waals surface area contributed by atoms with Crippen molar-refractivity contribution in [3.63, 3.8) is 0 Å². The smallest absolute Gasteiger partial charge is 0.328 e. The highest BCUT2D eigenvalue weighted by atomic mass is 16.4. The Hall–Kier alpha value is -3.86. The molecule has 0 unspecified atom stereocenters. The summed E-state index contributed by atoms with van der Waals surface area (Å²) < 4.78 is 5.63. The van der Waals surface area contributed by atoms with Gasteiger partial charge in [-0.3, -0.25) is 4.79 Å². The molecule has 0 bridgehead atoms. The average molecular weight is 371 g/mol. The number of anilines is 1. The summed E-state index contributed by atoms with van der Waals surface area (Å²) in [6.45, 7) is 0. The summed E-state index contributed by atoms with van der Waals surface area (Å²) in [6.07, 6.45) is 4.40. The lowest BCUT2D eigenvalue weighted by atomic mass is 10.0. The van der Waals surface area contributed by atoms with Gasteiger partial charge in [0.05, 0.1) is 12.7 Å². The van der Waals surface area contributed by atoms with E-state index < -0.39 is 5.97 Å². The molecule has 0 saturated carbocycles. The molecule has 0 fully saturated rings. The fourth-order valence-corrected chi connectivity index (χ4v) is 3.23. The third kappa shape index (κ3) is 3.64. The van der Waals surface area contributed by atoms with Crippen molar-refractivity contribution in [1.29, 1.82) is 0 Å². The maximum atomic E-state index is 12.5. The first-order valence-electron chi connectivity index (χ1n) is 8.79. The second-order valence-corrected chi connectivity index (χ2v) is 6.44. The molecule has 2 N–H and O–H groups in total. The van der Waals surface area contributed by atoms with Gasteiger partial charge in [0.2, 0.25) is 5.91 Å². The molecule has 4 aromatic rings. The van der Waals surface area contributed by atoms with E-state index in [-0.39, 0.29) is 12.3 Å². The van der Waals surface area contributed by atoms with Crippen LogP contribution >= 0.6 is 0 Å². The van der Waals surface area contributed by atoms with E-state index in [1.807, 2.05) is 36.4 Å². The summed E-state index contributed by atoms with van der Waals surface area (Å²) >= 11 is 0. The Morgan fingerprint density at radius 2 is 1.79 bits per heavy atom. The Balaban J connectivity index is 1.53. The minimum atomic E-state index is -1.00. The first-order chi connectivity index (χ1) is 13.6. The van der Waals surface area contributed by atoms with Crippen molar-refractivity contribution in [2.24, 2.45) is 0 Å². The lowest BCUT2D eigenvalue weighted by Crippen LogP contribution is -2.14. The van der Waals surface area contributed by atoms with Crippen molar-refractivity contribution in [1.82, 2.24) is 0 Å². The zero-order valence-electron chi connectivity index (χ0n) is 14.9. The number of benzene rings is 3. The molecule has 0 aliphatic rings. The van der Waals surface area contributed by atoms with E-state index in [0.29, 0.717) is 5.69 Å². The van der Waals surface area contributed by atoms with Crippen LogP contribution in [-0.4, -0.2) is 17.0 Å². The number of amides is 1. The largest absolute Gasteiger partial charge is 0.478 e. The molecule has 5 nitrogen and oxygen atoms in total. The minimum Gasteiger partial charge on any atom is -0.478 e. The Bertz CT molecular complexity index is 1200. The van der Waals surface area contributed by atoms with Gasteiger partial charge in [-0.25, -0.2) is 4.79 Å². The number of nitrogens with one attached hydrogen (secondary N) is 1. The summed E-state index contributed by atoms with van der Waals surface area (Å²) in [6, 6.07) is 18.9. The van der Waals surface area contributed by atoms with E-state index in [0.717, 1.165) is 38.9 Å². The van der Waals surface area contributed by atoms with Crippen LogP contribution in [0.4, 0.5) is 5.69 Å². The van der Waals surface area contributed by atoms with Crippen molar-refractivity contribution >= 4 is 45.4 Å². The van der Waals surface area contributed by atoms with E-state index in [9.17, 15) is 9.59 Å². The molecule has 28 heavy (non-hydrogen) atoms. The van der Waals surface area contributed by atoms with Crippen LogP contribution in [0.25, 0.3) is 27.8 Å². The second kappa shape index (κ2) is 7.40. The number of carbonyl (C=O) groups excluding carboxylic acids is 1. The normalized spacial score (nSPS) is 11.3. The predicted molar refractivity (Wildman–Crippen MR) is 109 cm³/mol. The average Bonchev–Trinajstić information content (AvgIpc) is 3.10. The Morgan fingerprint density at radius 3 is 2.57 bits per heavy atom. The maximum Gasteiger partial charge on any atom is 0.328 e. The molecule has 0 spiro atoms. The number of carbonyl (C=O) groups is 2. The lowest BCUT2D eigenvalue weighted by molar-refractivity contribution is -0.131. The van der Waals surface area contributed by atoms with Crippen LogP contribution in [0.3, 0.4) is 0 Å². The number of carboxylic acids is 1. The second-order valence-electron chi connectivity index (χ2n) is 6.44. The predicted octanol–water partition coefficient (Wildman–Crippen LogP) is 4.87. The van der Waals surface area contributed by atoms with E-state index >= 15 is 0 Å². The summed E-state index contributed by atoms with van der Waals surface area (Å²) in [7, 11) is 0. The number of furan rings is 1. The molecule has 1 amide bonds. The van der Waals surface area contributed by atoms with Gasteiger partial charge in [0, 0.05) is 22.7 Å². The first kappa shape index (κ1) is 17.5. The highest BCUT2D eigenvalue weighted by Gasteiger charge is 2.13. The van der Waals surface area contributed by atoms with E-state index in [1.54, 1.807) is 30.5 Å². The number of aliphatic carboxylic acids is 1. The molecular formula is C23H17NO4. The van der Waals surface area contributed by atoms with Crippen LogP contribution in [0, 0.1) is 0 Å². The van der Waals surface area contributed by atoms with Crippen molar-refractivity contribution in [2.45, 2.75) is 6.42 Å². The van der Waals surface area contributed by atoms with Gasteiger partial charge >= 0.3 is 5.97 Å². The zero-order chi connectivity index (χ0) is 19.5. The molecule has 5 heteroatoms. The topological polar surface area (TPSA) is 79.5 Å². The van der Waals surface area contributed by atoms with E-state index in [2.05, 4.69) is 5.32 Å². The molecule has 0 radical (unpaired) electrons. The summed E-state index contributed by atoms with van der Waals surface area (Å²) in [5, 5.41) is 14.6. The molecular weight excluding hydrogens is 354 g/mol. The third-order valence-electron chi connectivity index (χ3n) is 4.50. The summed E-state index contributed by atoms with van der Waals surface area (Å²) in [5.41, 5.74) is 2.99. The van der Waals surface area contributed by atoms with Gasteiger partial charge < -0.3 is 14.8 Å². The summed E-state index contributed by atoms with van der Waals surface area (Å²) in [4.78, 5) is 23.1. The first-order valence-corrected chi connectivity index (χ1v) is 8.79. The van der Waals surface area contributed by atoms with Crippen LogP contribution in [0.5, 0.6) is 0 Å². The van der Waals surface area contributed by atoms with Gasteiger partial charge in [-0.15, -0.1) is 0 Å². The highest BCUT2D eigenvalue weighted by molar-refractivity contribution is 6.09. The van der Waals surface area contributed by atoms with Gasteiger partial charge in [0.1, 0.15) is 5.58 Å². The molecule has 4 rings (SSSR count). The Labute approximate surface area is 160 Å². The standard InChI is InChI=1S/C23H17NO4/c25-21(24-18-9-5-15(6-10-18)7-12-22(26)27)13-17-14-28-20-11-8-16-3-1-2-4-19(16)23(17)20/h1-12,14H,13H2,(H,24,25)(H,26,27). The Morgan fingerprint density at radius 1 is 1.00 bits per heavy atom. The lowest BCUT2D eigenvalue weighted by Gasteiger charge is -2.06. The van der Waals surface area contributed by atoms with Crippen molar-refractivity contribution in [3.8, 4) is 0 Å². The van der Waals surface area contributed by atoms with Crippen molar-refractivity contribution in [3.05, 3.63) is 84.1 Å². The number of hydrogen-bond donors (Lipinski definition) is 2. The Kier molecular flexibility index (Phi) is 4.64. The monoisotopic (exact) mass is 371 g/mol. The molecule has 3 aromatic carbocycles. The number of fused-ring (bicyclic) bond motifs is 3. The van der Waals surface area contributed by atoms with Gasteiger partial charge in [-0.2, -0.15) is 0 Å². The van der Waals surface area contributed by atoms with Gasteiger partial charge in [-0.05, 0) is 40.6 Å². The quantitative estimate of drug-likeness (QED) is 0.491. The summed E-state index contributed by atoms with van der Waals surface area (Å²) in [5.74, 6) is -1.15. The van der Waals surface area contributed by atoms with Gasteiger partial charge in [-0.1, -0.05) is 42.5 Å². The van der Waals surface area contributed by atoms with Crippen LogP contribution in [0.2, 0.25) is 0 Å². The van der Waals surface area contributed by atoms with E-state index in [4.69, 9.17) is 9.52 Å². The minimum absolute atomic E-state index is 0.149. The van der Waals surface area contributed by atoms with Crippen LogP contribution < -0.4 is 5.32 Å². The molecule has 0 saturated heterocycles. The van der Waals surface area contributed by atoms with Gasteiger partial charge in [0.25, 0.3) is 0 Å². The number of rotatable bonds is 5.